The van der Waals surface area contributed by atoms with Gasteiger partial charge in [0, 0.05) is 22.8 Å². The molecule has 0 aliphatic heterocycles. The lowest BCUT2D eigenvalue weighted by molar-refractivity contribution is -0.118. The summed E-state index contributed by atoms with van der Waals surface area (Å²) in [7, 11) is 0. The van der Waals surface area contributed by atoms with Crippen LogP contribution >= 0.6 is 23.2 Å². The first-order valence-corrected chi connectivity index (χ1v) is 10.1. The molecule has 3 rings (SSSR count). The summed E-state index contributed by atoms with van der Waals surface area (Å²) in [6.45, 7) is -0.195. The lowest BCUT2D eigenvalue weighted by Gasteiger charge is -2.10. The number of hydrogen-bond donors (Lipinski definition) is 2. The average molecular weight is 443 g/mol. The van der Waals surface area contributed by atoms with Gasteiger partial charge in [0.1, 0.15) is 5.75 Å². The number of rotatable bonds is 8. The maximum absolute atomic E-state index is 12.1. The number of ether oxygens (including phenoxy) is 1. The van der Waals surface area contributed by atoms with E-state index in [4.69, 9.17) is 27.9 Å². The van der Waals surface area contributed by atoms with Crippen molar-refractivity contribution in [2.45, 2.75) is 12.8 Å². The highest BCUT2D eigenvalue weighted by Gasteiger charge is 2.08. The molecule has 0 saturated carbocycles. The lowest BCUT2D eigenvalue weighted by Crippen LogP contribution is -2.20. The number of carbonyl (C=O) groups is 2. The number of anilines is 2. The van der Waals surface area contributed by atoms with E-state index in [9.17, 15) is 9.59 Å². The van der Waals surface area contributed by atoms with E-state index in [0.717, 1.165) is 5.56 Å². The Kier molecular flexibility index (Phi) is 7.71. The fourth-order valence-electron chi connectivity index (χ4n) is 2.70. The molecule has 0 bridgehead atoms. The van der Waals surface area contributed by atoms with Crippen LogP contribution in [0.25, 0.3) is 0 Å². The highest BCUT2D eigenvalue weighted by atomic mass is 35.5. The Labute approximate surface area is 185 Å². The average Bonchev–Trinajstić information content (AvgIpc) is 2.74. The van der Waals surface area contributed by atoms with E-state index in [1.165, 1.54) is 0 Å². The number of nitrogens with one attached hydrogen (secondary N) is 2. The summed E-state index contributed by atoms with van der Waals surface area (Å²) >= 11 is 11.8. The SMILES string of the molecule is O=C(CCc1ccccc1)Nc1ccc(NC(=O)COc2ccc(Cl)cc2Cl)cc1. The number of hydrogen-bond acceptors (Lipinski definition) is 3. The Balaban J connectivity index is 1.44. The quantitative estimate of drug-likeness (QED) is 0.478. The molecule has 0 unspecified atom stereocenters. The minimum Gasteiger partial charge on any atom is -0.482 e. The van der Waals surface area contributed by atoms with E-state index in [1.807, 2.05) is 30.3 Å². The van der Waals surface area contributed by atoms with E-state index in [-0.39, 0.29) is 18.4 Å². The van der Waals surface area contributed by atoms with Crippen molar-refractivity contribution in [1.82, 2.24) is 0 Å². The van der Waals surface area contributed by atoms with Crippen LogP contribution in [0.3, 0.4) is 0 Å². The van der Waals surface area contributed by atoms with Gasteiger partial charge in [-0.1, -0.05) is 53.5 Å². The predicted octanol–water partition coefficient (Wildman–Crippen LogP) is 5.58. The van der Waals surface area contributed by atoms with Gasteiger partial charge in [0.25, 0.3) is 5.91 Å². The van der Waals surface area contributed by atoms with Crippen LogP contribution < -0.4 is 15.4 Å². The van der Waals surface area contributed by atoms with Gasteiger partial charge in [-0.3, -0.25) is 9.59 Å². The van der Waals surface area contributed by atoms with Gasteiger partial charge in [-0.05, 0) is 54.4 Å². The third-order valence-electron chi connectivity index (χ3n) is 4.19. The second-order valence-electron chi connectivity index (χ2n) is 6.52. The van der Waals surface area contributed by atoms with Crippen molar-refractivity contribution in [2.24, 2.45) is 0 Å². The van der Waals surface area contributed by atoms with Gasteiger partial charge in [-0.25, -0.2) is 0 Å². The zero-order valence-electron chi connectivity index (χ0n) is 16.0. The summed E-state index contributed by atoms with van der Waals surface area (Å²) in [4.78, 5) is 24.2. The summed E-state index contributed by atoms with van der Waals surface area (Å²) in [6.07, 6.45) is 1.07. The van der Waals surface area contributed by atoms with Gasteiger partial charge >= 0.3 is 0 Å². The largest absolute Gasteiger partial charge is 0.482 e. The molecule has 3 aromatic carbocycles. The van der Waals surface area contributed by atoms with Crippen LogP contribution in [-0.2, 0) is 16.0 Å². The fraction of sp³-hybridized carbons (Fsp3) is 0.130. The van der Waals surface area contributed by atoms with E-state index in [0.29, 0.717) is 40.0 Å². The smallest absolute Gasteiger partial charge is 0.262 e. The highest BCUT2D eigenvalue weighted by molar-refractivity contribution is 6.35. The third-order valence-corrected chi connectivity index (χ3v) is 4.72. The normalized spacial score (nSPS) is 10.3. The van der Waals surface area contributed by atoms with E-state index in [2.05, 4.69) is 10.6 Å². The van der Waals surface area contributed by atoms with Crippen molar-refractivity contribution in [3.8, 4) is 5.75 Å². The number of aryl methyl sites for hydroxylation is 1. The van der Waals surface area contributed by atoms with Gasteiger partial charge in [-0.2, -0.15) is 0 Å². The minimum absolute atomic E-state index is 0.0659. The van der Waals surface area contributed by atoms with Crippen molar-refractivity contribution in [1.29, 1.82) is 0 Å². The molecule has 2 N–H and O–H groups in total. The first-order chi connectivity index (χ1) is 14.5. The van der Waals surface area contributed by atoms with E-state index >= 15 is 0 Å². The molecule has 5 nitrogen and oxygen atoms in total. The summed E-state index contributed by atoms with van der Waals surface area (Å²) < 4.78 is 5.41. The molecule has 0 aliphatic rings. The number of carbonyl (C=O) groups excluding carboxylic acids is 2. The van der Waals surface area contributed by atoms with Gasteiger partial charge in [0.05, 0.1) is 5.02 Å². The number of amides is 2. The van der Waals surface area contributed by atoms with Crippen LogP contribution in [0.2, 0.25) is 10.0 Å². The van der Waals surface area contributed by atoms with Crippen LogP contribution in [-0.4, -0.2) is 18.4 Å². The fourth-order valence-corrected chi connectivity index (χ4v) is 3.16. The van der Waals surface area contributed by atoms with Crippen molar-refractivity contribution < 1.29 is 14.3 Å². The van der Waals surface area contributed by atoms with Crippen LogP contribution in [0.5, 0.6) is 5.75 Å². The van der Waals surface area contributed by atoms with Gasteiger partial charge < -0.3 is 15.4 Å². The van der Waals surface area contributed by atoms with E-state index < -0.39 is 0 Å². The van der Waals surface area contributed by atoms with Crippen molar-refractivity contribution >= 4 is 46.4 Å². The molecule has 0 aliphatic carbocycles. The molecule has 3 aromatic rings. The van der Waals surface area contributed by atoms with Crippen molar-refractivity contribution in [3.63, 3.8) is 0 Å². The zero-order valence-corrected chi connectivity index (χ0v) is 17.5. The summed E-state index contributed by atoms with van der Waals surface area (Å²) in [6, 6.07) is 21.5. The highest BCUT2D eigenvalue weighted by Crippen LogP contribution is 2.27. The molecular weight excluding hydrogens is 423 g/mol. The molecule has 0 atom stereocenters. The van der Waals surface area contributed by atoms with E-state index in [1.54, 1.807) is 42.5 Å². The van der Waals surface area contributed by atoms with Crippen molar-refractivity contribution in [3.05, 3.63) is 88.4 Å². The molecule has 0 heterocycles. The minimum atomic E-state index is -0.333. The Bertz CT molecular complexity index is 1010. The van der Waals surface area contributed by atoms with Crippen molar-refractivity contribution in [2.75, 3.05) is 17.2 Å². The second kappa shape index (κ2) is 10.7. The Hall–Kier alpha value is -3.02. The maximum Gasteiger partial charge on any atom is 0.262 e. The monoisotopic (exact) mass is 442 g/mol. The molecular formula is C23H20Cl2N2O3. The Morgan fingerprint density at radius 3 is 2.07 bits per heavy atom. The zero-order chi connectivity index (χ0) is 21.3. The molecule has 0 aromatic heterocycles. The molecule has 7 heteroatoms. The first-order valence-electron chi connectivity index (χ1n) is 9.31. The Morgan fingerprint density at radius 1 is 0.800 bits per heavy atom. The molecule has 30 heavy (non-hydrogen) atoms. The molecule has 154 valence electrons. The van der Waals surface area contributed by atoms with Gasteiger partial charge in [0.15, 0.2) is 6.61 Å². The second-order valence-corrected chi connectivity index (χ2v) is 7.37. The van der Waals surface area contributed by atoms with Crippen LogP contribution in [0, 0.1) is 0 Å². The molecule has 0 spiro atoms. The van der Waals surface area contributed by atoms with Gasteiger partial charge in [-0.15, -0.1) is 0 Å². The van der Waals surface area contributed by atoms with Crippen LogP contribution in [0.4, 0.5) is 11.4 Å². The van der Waals surface area contributed by atoms with Crippen LogP contribution in [0.15, 0.2) is 72.8 Å². The Morgan fingerprint density at radius 2 is 1.43 bits per heavy atom. The first kappa shape index (κ1) is 21.7. The summed E-state index contributed by atoms with van der Waals surface area (Å²) in [5.74, 6) is -0.0191. The topological polar surface area (TPSA) is 67.4 Å². The van der Waals surface area contributed by atoms with Crippen LogP contribution in [0.1, 0.15) is 12.0 Å². The molecule has 0 radical (unpaired) electrons. The number of halogens is 2. The molecule has 0 fully saturated rings. The number of benzene rings is 3. The molecule has 0 saturated heterocycles. The summed E-state index contributed by atoms with van der Waals surface area (Å²) in [5.41, 5.74) is 2.37. The molecule has 2 amide bonds. The van der Waals surface area contributed by atoms with Gasteiger partial charge in [0.2, 0.25) is 5.91 Å². The lowest BCUT2D eigenvalue weighted by atomic mass is 10.1. The summed E-state index contributed by atoms with van der Waals surface area (Å²) in [5, 5.41) is 6.40. The predicted molar refractivity (Wildman–Crippen MR) is 120 cm³/mol. The standard InChI is InChI=1S/C23H20Cl2N2O3/c24-17-7-12-21(20(25)14-17)30-15-23(29)27-19-10-8-18(9-11-19)26-22(28)13-6-16-4-2-1-3-5-16/h1-5,7-12,14H,6,13,15H2,(H,26,28)(H,27,29). The maximum atomic E-state index is 12.1. The third kappa shape index (κ3) is 6.79.